The van der Waals surface area contributed by atoms with Crippen molar-refractivity contribution in [2.75, 3.05) is 18.0 Å². The van der Waals surface area contributed by atoms with Gasteiger partial charge in [-0.1, -0.05) is 31.4 Å². The molecule has 2 aliphatic rings. The lowest BCUT2D eigenvalue weighted by Gasteiger charge is -2.38. The van der Waals surface area contributed by atoms with Gasteiger partial charge in [0.05, 0.1) is 17.2 Å². The third kappa shape index (κ3) is 4.37. The lowest BCUT2D eigenvalue weighted by Crippen LogP contribution is -2.47. The number of aromatic amines is 1. The Morgan fingerprint density at radius 2 is 1.92 bits per heavy atom. The number of amides is 1. The normalized spacial score (nSPS) is 17.2. The number of alkyl carbamates (subject to hydrolysis) is 1. The first-order valence-electron chi connectivity index (χ1n) is 12.9. The number of aromatic nitrogens is 1. The molecule has 1 aliphatic carbocycles. The minimum atomic E-state index is -0.516. The molecule has 0 radical (unpaired) electrons. The van der Waals surface area contributed by atoms with Crippen molar-refractivity contribution in [2.45, 2.75) is 64.5 Å². The summed E-state index contributed by atoms with van der Waals surface area (Å²) in [5.41, 5.74) is 5.99. The fourth-order valence-corrected chi connectivity index (χ4v) is 5.72. The Morgan fingerprint density at radius 1 is 1.22 bits per heavy atom. The van der Waals surface area contributed by atoms with E-state index in [1.54, 1.807) is 6.07 Å². The first-order chi connectivity index (χ1) is 17.4. The Morgan fingerprint density at radius 3 is 2.57 bits per heavy atom. The number of piperidine rings is 1. The van der Waals surface area contributed by atoms with E-state index in [9.17, 15) is 14.9 Å². The average Bonchev–Trinajstić information content (AvgIpc) is 3.22. The van der Waals surface area contributed by atoms with Crippen LogP contribution in [0.15, 0.2) is 30.3 Å². The van der Waals surface area contributed by atoms with Gasteiger partial charge in [0, 0.05) is 52.4 Å². The molecule has 0 unspecified atom stereocenters. The Hall–Kier alpha value is -3.73. The molecule has 37 heavy (non-hydrogen) atoms. The summed E-state index contributed by atoms with van der Waals surface area (Å²) in [7, 11) is 2.06. The van der Waals surface area contributed by atoms with E-state index in [0.29, 0.717) is 11.1 Å². The third-order valence-electron chi connectivity index (χ3n) is 7.59. The summed E-state index contributed by atoms with van der Waals surface area (Å²) in [6.45, 7) is 11.5. The number of hydrogen-bond donors (Lipinski definition) is 2. The van der Waals surface area contributed by atoms with E-state index in [0.717, 1.165) is 64.8 Å². The number of carbonyl (C=O) groups is 2. The predicted molar refractivity (Wildman–Crippen MR) is 148 cm³/mol. The molecule has 5 rings (SSSR count). The van der Waals surface area contributed by atoms with Crippen LogP contribution in [-0.2, 0) is 10.2 Å². The Labute approximate surface area is 218 Å². The monoisotopic (exact) mass is 496 g/mol. The highest BCUT2D eigenvalue weighted by atomic mass is 16.6. The van der Waals surface area contributed by atoms with E-state index >= 15 is 0 Å². The van der Waals surface area contributed by atoms with Crippen molar-refractivity contribution in [1.82, 2.24) is 10.3 Å². The average molecular weight is 496 g/mol. The number of fused-ring (bicyclic) bond motifs is 4. The topological polar surface area (TPSA) is 98.2 Å². The highest BCUT2D eigenvalue weighted by Gasteiger charge is 2.40. The molecule has 1 aliphatic heterocycles. The second-order valence-corrected chi connectivity index (χ2v) is 11.8. The van der Waals surface area contributed by atoms with E-state index in [4.69, 9.17) is 4.74 Å². The Balaban J connectivity index is 1.43. The van der Waals surface area contributed by atoms with Crippen molar-refractivity contribution in [3.8, 4) is 6.07 Å². The highest BCUT2D eigenvalue weighted by molar-refractivity contribution is 6.37. The second kappa shape index (κ2) is 8.69. The number of ketones is 1. The molecule has 2 aromatic carbocycles. The number of H-pyrrole nitrogens is 1. The van der Waals surface area contributed by atoms with Crippen LogP contribution in [0.1, 0.15) is 80.2 Å². The molecule has 1 saturated heterocycles. The van der Waals surface area contributed by atoms with Crippen LogP contribution in [0, 0.1) is 11.3 Å². The number of hydrogen-bond acceptors (Lipinski definition) is 5. The van der Waals surface area contributed by atoms with Gasteiger partial charge in [0.2, 0.25) is 0 Å². The zero-order chi connectivity index (χ0) is 26.7. The molecule has 1 fully saturated rings. The van der Waals surface area contributed by atoms with E-state index in [2.05, 4.69) is 49.0 Å². The van der Waals surface area contributed by atoms with Gasteiger partial charge in [0.25, 0.3) is 0 Å². The molecule has 0 saturated carbocycles. The maximum absolute atomic E-state index is 13.8. The van der Waals surface area contributed by atoms with Crippen molar-refractivity contribution in [3.63, 3.8) is 0 Å². The van der Waals surface area contributed by atoms with Crippen LogP contribution < -0.4 is 15.7 Å². The maximum Gasteiger partial charge on any atom is 0.407 e. The molecular formula is C29H33BN4O3. The van der Waals surface area contributed by atoms with Gasteiger partial charge < -0.3 is 19.9 Å². The van der Waals surface area contributed by atoms with E-state index in [-0.39, 0.29) is 17.9 Å². The van der Waals surface area contributed by atoms with Gasteiger partial charge >= 0.3 is 6.09 Å². The molecule has 2 heterocycles. The van der Waals surface area contributed by atoms with Crippen LogP contribution in [0.5, 0.6) is 0 Å². The number of nitrogens with one attached hydrogen (secondary N) is 2. The van der Waals surface area contributed by atoms with Gasteiger partial charge in [-0.05, 0) is 57.4 Å². The quantitative estimate of drug-likeness (QED) is 0.528. The van der Waals surface area contributed by atoms with Crippen molar-refractivity contribution < 1.29 is 14.3 Å². The lowest BCUT2D eigenvalue weighted by molar-refractivity contribution is 0.0497. The van der Waals surface area contributed by atoms with Gasteiger partial charge in [-0.2, -0.15) is 5.26 Å². The van der Waals surface area contributed by atoms with Gasteiger partial charge in [0.15, 0.2) is 5.78 Å². The zero-order valence-corrected chi connectivity index (χ0v) is 22.4. The van der Waals surface area contributed by atoms with E-state index in [1.165, 1.54) is 0 Å². The minimum absolute atomic E-state index is 0.0233. The lowest BCUT2D eigenvalue weighted by atomic mass is 9.69. The summed E-state index contributed by atoms with van der Waals surface area (Å²) in [4.78, 5) is 31.8. The summed E-state index contributed by atoms with van der Waals surface area (Å²) in [5.74, 6) is 0.0233. The minimum Gasteiger partial charge on any atom is -0.444 e. The zero-order valence-electron chi connectivity index (χ0n) is 22.4. The van der Waals surface area contributed by atoms with Crippen LogP contribution in [0.25, 0.3) is 10.9 Å². The van der Waals surface area contributed by atoms with Gasteiger partial charge in [0.1, 0.15) is 13.4 Å². The van der Waals surface area contributed by atoms with E-state index < -0.39 is 11.0 Å². The third-order valence-corrected chi connectivity index (χ3v) is 7.59. The van der Waals surface area contributed by atoms with Gasteiger partial charge in [-0.3, -0.25) is 4.79 Å². The van der Waals surface area contributed by atoms with Crippen LogP contribution in [0.2, 0.25) is 0 Å². The number of nitrogens with zero attached hydrogens (tertiary/aromatic N) is 2. The molecular weight excluding hydrogens is 463 g/mol. The molecule has 1 aromatic heterocycles. The molecule has 190 valence electrons. The van der Waals surface area contributed by atoms with E-state index in [1.807, 2.05) is 39.0 Å². The van der Waals surface area contributed by atoms with Crippen molar-refractivity contribution in [1.29, 1.82) is 5.26 Å². The number of anilines is 1. The van der Waals surface area contributed by atoms with Crippen molar-refractivity contribution in [2.24, 2.45) is 0 Å². The van der Waals surface area contributed by atoms with Gasteiger partial charge in [-0.25, -0.2) is 4.79 Å². The number of ether oxygens (including phenoxy) is 1. The first kappa shape index (κ1) is 24.9. The van der Waals surface area contributed by atoms with Crippen LogP contribution in [0.3, 0.4) is 0 Å². The summed E-state index contributed by atoms with van der Waals surface area (Å²) in [6, 6.07) is 11.9. The first-order valence-corrected chi connectivity index (χ1v) is 12.9. The summed E-state index contributed by atoms with van der Waals surface area (Å²) in [6.07, 6.45) is 1.28. The molecule has 0 spiro atoms. The molecule has 2 N–H and O–H groups in total. The smallest absolute Gasteiger partial charge is 0.407 e. The van der Waals surface area contributed by atoms with Gasteiger partial charge in [-0.15, -0.1) is 0 Å². The summed E-state index contributed by atoms with van der Waals surface area (Å²) in [5, 5.41) is 13.2. The van der Waals surface area contributed by atoms with Crippen LogP contribution in [-0.4, -0.2) is 49.4 Å². The number of nitriles is 1. The molecule has 0 atom stereocenters. The molecule has 8 heteroatoms. The SMILES string of the molecule is Bc1cc2c(cc1N1CCC(NC(=O)OC(C)(C)C)CC1)C(C)(C)c1[nH]c3cc(C#N)ccc3c1C2=O. The van der Waals surface area contributed by atoms with Crippen LogP contribution >= 0.6 is 0 Å². The number of benzene rings is 2. The largest absolute Gasteiger partial charge is 0.444 e. The van der Waals surface area contributed by atoms with Crippen molar-refractivity contribution >= 4 is 41.8 Å². The number of carbonyl (C=O) groups excluding carboxylic acids is 2. The fourth-order valence-electron chi connectivity index (χ4n) is 5.72. The van der Waals surface area contributed by atoms with Crippen molar-refractivity contribution in [3.05, 3.63) is 58.3 Å². The molecule has 0 bridgehead atoms. The number of rotatable bonds is 2. The second-order valence-electron chi connectivity index (χ2n) is 11.8. The molecule has 1 amide bonds. The standard InChI is InChI=1S/C29H33BN4O3/c1-28(2,3)37-27(36)32-17-8-10-34(11-9-17)23-14-20-19(13-21(23)30)25(35)24-18-7-6-16(15-31)12-22(18)33-26(24)29(20,4)5/h6-7,12-14,17,33H,8-11,30H2,1-5H3,(H,32,36). The Bertz CT molecular complexity index is 1470. The van der Waals surface area contributed by atoms with Crippen LogP contribution in [0.4, 0.5) is 10.5 Å². The summed E-state index contributed by atoms with van der Waals surface area (Å²) < 4.78 is 5.42. The summed E-state index contributed by atoms with van der Waals surface area (Å²) >= 11 is 0. The highest BCUT2D eigenvalue weighted by Crippen LogP contribution is 2.44. The fraction of sp³-hybridized carbons (Fsp3) is 0.414. The maximum atomic E-state index is 13.8. The predicted octanol–water partition coefficient (Wildman–Crippen LogP) is 3.66. The Kier molecular flexibility index (Phi) is 5.86. The molecule has 3 aromatic rings. The molecule has 7 nitrogen and oxygen atoms in total.